The Labute approximate surface area is 94.4 Å². The maximum absolute atomic E-state index is 7.67. The predicted octanol–water partition coefficient (Wildman–Crippen LogP) is 2.17. The largest absolute Gasteiger partial charge is 0.486 e. The Morgan fingerprint density at radius 2 is 2.19 bits per heavy atom. The van der Waals surface area contributed by atoms with Gasteiger partial charge in [-0.1, -0.05) is 0 Å². The van der Waals surface area contributed by atoms with Gasteiger partial charge in [0.15, 0.2) is 0 Å². The van der Waals surface area contributed by atoms with Gasteiger partial charge >= 0.3 is 0 Å². The number of anilines is 1. The fourth-order valence-electron chi connectivity index (χ4n) is 2.46. The second kappa shape index (κ2) is 3.37. The molecule has 3 N–H and O–H groups in total. The minimum absolute atomic E-state index is 0.130. The molecule has 3 rings (SSSR count). The molecule has 0 amide bonds. The van der Waals surface area contributed by atoms with Crippen molar-refractivity contribution in [3.05, 3.63) is 35.9 Å². The quantitative estimate of drug-likeness (QED) is 0.650. The van der Waals surface area contributed by atoms with Gasteiger partial charge in [0, 0.05) is 17.3 Å². The molecule has 0 bridgehead atoms. The number of ether oxygens (including phenoxy) is 1. The molecule has 3 nitrogen and oxygen atoms in total. The standard InChI is InChI=1S/C13H14N2O/c14-10-1-3-12-8(6-10)5-9-7-11(15)2-4-13(9)16-12/h1-4,6,9,13,15H,5,7,14H2. The van der Waals surface area contributed by atoms with E-state index in [1.54, 1.807) is 0 Å². The molecule has 1 aliphatic heterocycles. The lowest BCUT2D eigenvalue weighted by molar-refractivity contribution is 0.156. The fourth-order valence-corrected chi connectivity index (χ4v) is 2.46. The molecule has 2 aliphatic rings. The minimum atomic E-state index is 0.130. The normalized spacial score (nSPS) is 26.9. The molecule has 1 heterocycles. The second-order valence-corrected chi connectivity index (χ2v) is 4.50. The highest BCUT2D eigenvalue weighted by Gasteiger charge is 2.31. The van der Waals surface area contributed by atoms with E-state index in [1.165, 1.54) is 5.56 Å². The van der Waals surface area contributed by atoms with E-state index in [-0.39, 0.29) is 6.10 Å². The number of nitrogen functional groups attached to an aromatic ring is 1. The first-order valence-corrected chi connectivity index (χ1v) is 5.53. The zero-order valence-corrected chi connectivity index (χ0v) is 8.94. The molecule has 2 atom stereocenters. The summed E-state index contributed by atoms with van der Waals surface area (Å²) in [4.78, 5) is 0. The summed E-state index contributed by atoms with van der Waals surface area (Å²) in [6.45, 7) is 0. The third kappa shape index (κ3) is 1.48. The monoisotopic (exact) mass is 214 g/mol. The highest BCUT2D eigenvalue weighted by atomic mass is 16.5. The molecular weight excluding hydrogens is 200 g/mol. The molecule has 1 aliphatic carbocycles. The van der Waals surface area contributed by atoms with Crippen molar-refractivity contribution in [2.45, 2.75) is 18.9 Å². The average molecular weight is 214 g/mol. The van der Waals surface area contributed by atoms with E-state index >= 15 is 0 Å². The molecule has 1 aromatic carbocycles. The van der Waals surface area contributed by atoms with E-state index in [0.717, 1.165) is 24.3 Å². The van der Waals surface area contributed by atoms with Crippen LogP contribution in [0.3, 0.4) is 0 Å². The van der Waals surface area contributed by atoms with Crippen molar-refractivity contribution in [1.29, 1.82) is 5.41 Å². The maximum Gasteiger partial charge on any atom is 0.123 e. The third-order valence-corrected chi connectivity index (χ3v) is 3.26. The van der Waals surface area contributed by atoms with Crippen LogP contribution < -0.4 is 10.5 Å². The van der Waals surface area contributed by atoms with Gasteiger partial charge in [0.1, 0.15) is 11.9 Å². The van der Waals surface area contributed by atoms with Gasteiger partial charge in [0.2, 0.25) is 0 Å². The number of allylic oxidation sites excluding steroid dienone is 1. The van der Waals surface area contributed by atoms with Crippen molar-refractivity contribution in [3.63, 3.8) is 0 Å². The molecule has 82 valence electrons. The Balaban J connectivity index is 1.96. The number of hydrogen-bond acceptors (Lipinski definition) is 3. The van der Waals surface area contributed by atoms with Crippen LogP contribution in [0.15, 0.2) is 30.4 Å². The average Bonchev–Trinajstić information content (AvgIpc) is 2.26. The van der Waals surface area contributed by atoms with Gasteiger partial charge in [-0.25, -0.2) is 0 Å². The number of rotatable bonds is 0. The molecule has 2 unspecified atom stereocenters. The molecule has 16 heavy (non-hydrogen) atoms. The summed E-state index contributed by atoms with van der Waals surface area (Å²) in [5.74, 6) is 1.33. The van der Waals surface area contributed by atoms with Crippen molar-refractivity contribution in [3.8, 4) is 5.75 Å². The van der Waals surface area contributed by atoms with Gasteiger partial charge in [-0.15, -0.1) is 0 Å². The van der Waals surface area contributed by atoms with Crippen LogP contribution in [-0.4, -0.2) is 11.8 Å². The first-order chi connectivity index (χ1) is 7.72. The summed E-state index contributed by atoms with van der Waals surface area (Å²) in [5, 5.41) is 7.67. The van der Waals surface area contributed by atoms with E-state index in [9.17, 15) is 0 Å². The van der Waals surface area contributed by atoms with Crippen LogP contribution in [0.2, 0.25) is 0 Å². The molecule has 0 aromatic heterocycles. The van der Waals surface area contributed by atoms with Crippen LogP contribution in [0, 0.1) is 11.3 Å². The Kier molecular flexibility index (Phi) is 1.99. The van der Waals surface area contributed by atoms with E-state index in [1.807, 2.05) is 30.4 Å². The topological polar surface area (TPSA) is 59.1 Å². The summed E-state index contributed by atoms with van der Waals surface area (Å²) in [6.07, 6.45) is 5.73. The first-order valence-electron chi connectivity index (χ1n) is 5.53. The Hall–Kier alpha value is -1.77. The SMILES string of the molecule is N=C1C=CC2Oc3ccc(N)cc3CC2C1. The first kappa shape index (κ1) is 9.46. The van der Waals surface area contributed by atoms with Gasteiger partial charge in [-0.3, -0.25) is 0 Å². The summed E-state index contributed by atoms with van der Waals surface area (Å²) >= 11 is 0. The van der Waals surface area contributed by atoms with Gasteiger partial charge < -0.3 is 15.9 Å². The van der Waals surface area contributed by atoms with Gasteiger partial charge in [0.25, 0.3) is 0 Å². The molecule has 0 saturated carbocycles. The molecule has 0 spiro atoms. The van der Waals surface area contributed by atoms with Crippen LogP contribution in [0.25, 0.3) is 0 Å². The van der Waals surface area contributed by atoms with Crippen molar-refractivity contribution >= 4 is 11.4 Å². The van der Waals surface area contributed by atoms with Crippen molar-refractivity contribution in [2.24, 2.45) is 5.92 Å². The predicted molar refractivity (Wildman–Crippen MR) is 63.9 cm³/mol. The highest BCUT2D eigenvalue weighted by Crippen LogP contribution is 2.35. The maximum atomic E-state index is 7.67. The van der Waals surface area contributed by atoms with Crippen LogP contribution in [-0.2, 0) is 6.42 Å². The van der Waals surface area contributed by atoms with Crippen LogP contribution in [0.4, 0.5) is 5.69 Å². The number of fused-ring (bicyclic) bond motifs is 2. The number of nitrogens with two attached hydrogens (primary N) is 1. The number of hydrogen-bond donors (Lipinski definition) is 2. The Bertz CT molecular complexity index is 479. The summed E-state index contributed by atoms with van der Waals surface area (Å²) in [7, 11) is 0. The van der Waals surface area contributed by atoms with E-state index in [0.29, 0.717) is 11.6 Å². The Morgan fingerprint density at radius 1 is 1.31 bits per heavy atom. The molecular formula is C13H14N2O. The fraction of sp³-hybridized carbons (Fsp3) is 0.308. The van der Waals surface area contributed by atoms with Crippen molar-refractivity contribution < 1.29 is 4.74 Å². The molecule has 0 radical (unpaired) electrons. The lowest BCUT2D eigenvalue weighted by Gasteiger charge is -2.34. The third-order valence-electron chi connectivity index (χ3n) is 3.26. The highest BCUT2D eigenvalue weighted by molar-refractivity contribution is 5.93. The van der Waals surface area contributed by atoms with Gasteiger partial charge in [-0.05, 0) is 48.8 Å². The van der Waals surface area contributed by atoms with Crippen LogP contribution in [0.5, 0.6) is 5.75 Å². The zero-order valence-electron chi connectivity index (χ0n) is 8.94. The van der Waals surface area contributed by atoms with Gasteiger partial charge in [-0.2, -0.15) is 0 Å². The molecule has 0 fully saturated rings. The minimum Gasteiger partial charge on any atom is -0.486 e. The van der Waals surface area contributed by atoms with Crippen molar-refractivity contribution in [1.82, 2.24) is 0 Å². The smallest absolute Gasteiger partial charge is 0.123 e. The van der Waals surface area contributed by atoms with E-state index < -0.39 is 0 Å². The molecule has 3 heteroatoms. The molecule has 1 aromatic rings. The van der Waals surface area contributed by atoms with E-state index in [2.05, 4.69) is 0 Å². The Morgan fingerprint density at radius 3 is 3.06 bits per heavy atom. The lowest BCUT2D eigenvalue weighted by atomic mass is 9.83. The zero-order chi connectivity index (χ0) is 11.1. The summed E-state index contributed by atoms with van der Waals surface area (Å²) in [6, 6.07) is 5.79. The van der Waals surface area contributed by atoms with Crippen molar-refractivity contribution in [2.75, 3.05) is 5.73 Å². The summed E-state index contributed by atoms with van der Waals surface area (Å²) in [5.41, 5.74) is 8.41. The lowest BCUT2D eigenvalue weighted by Crippen LogP contribution is -2.35. The number of nitrogens with one attached hydrogen (secondary N) is 1. The molecule has 0 saturated heterocycles. The summed E-state index contributed by atoms with van der Waals surface area (Å²) < 4.78 is 5.90. The van der Waals surface area contributed by atoms with Crippen LogP contribution >= 0.6 is 0 Å². The second-order valence-electron chi connectivity index (χ2n) is 4.50. The number of benzene rings is 1. The van der Waals surface area contributed by atoms with Gasteiger partial charge in [0.05, 0.1) is 0 Å². The van der Waals surface area contributed by atoms with E-state index in [4.69, 9.17) is 15.9 Å². The van der Waals surface area contributed by atoms with Crippen LogP contribution in [0.1, 0.15) is 12.0 Å².